The van der Waals surface area contributed by atoms with Crippen molar-refractivity contribution in [2.75, 3.05) is 6.61 Å². The highest BCUT2D eigenvalue weighted by atomic mass is 16.5. The zero-order valence-corrected chi connectivity index (χ0v) is 14.4. The summed E-state index contributed by atoms with van der Waals surface area (Å²) in [5.74, 6) is 0.801. The molecule has 5 heteroatoms. The van der Waals surface area contributed by atoms with Gasteiger partial charge in [0.2, 0.25) is 0 Å². The molecule has 0 bridgehead atoms. The summed E-state index contributed by atoms with van der Waals surface area (Å²) >= 11 is 0. The van der Waals surface area contributed by atoms with Crippen molar-refractivity contribution in [2.45, 2.75) is 47.3 Å². The molecule has 0 aliphatic carbocycles. The predicted molar refractivity (Wildman–Crippen MR) is 90.1 cm³/mol. The number of aliphatic hydroxyl groups is 1. The summed E-state index contributed by atoms with van der Waals surface area (Å²) < 4.78 is 7.21. The molecule has 0 fully saturated rings. The van der Waals surface area contributed by atoms with Crippen LogP contribution < -0.4 is 10.3 Å². The fourth-order valence-corrected chi connectivity index (χ4v) is 2.41. The molecule has 5 nitrogen and oxygen atoms in total. The molecule has 23 heavy (non-hydrogen) atoms. The van der Waals surface area contributed by atoms with Crippen molar-refractivity contribution in [3.63, 3.8) is 0 Å². The number of nitrogens with zero attached hydrogens (tertiary/aromatic N) is 2. The molecular formula is C18H24N2O3. The monoisotopic (exact) mass is 316 g/mol. The number of benzene rings is 1. The Bertz CT molecular complexity index is 766. The molecule has 0 radical (unpaired) electrons. The van der Waals surface area contributed by atoms with Crippen LogP contribution in [0.5, 0.6) is 5.75 Å². The summed E-state index contributed by atoms with van der Waals surface area (Å²) in [7, 11) is 0. The van der Waals surface area contributed by atoms with E-state index >= 15 is 0 Å². The van der Waals surface area contributed by atoms with Crippen molar-refractivity contribution in [2.24, 2.45) is 0 Å². The van der Waals surface area contributed by atoms with Crippen molar-refractivity contribution >= 4 is 0 Å². The predicted octanol–water partition coefficient (Wildman–Crippen LogP) is 2.23. The lowest BCUT2D eigenvalue weighted by Gasteiger charge is -2.17. The summed E-state index contributed by atoms with van der Waals surface area (Å²) in [4.78, 5) is 16.3. The van der Waals surface area contributed by atoms with Crippen molar-refractivity contribution in [3.05, 3.63) is 56.8 Å². The Hall–Kier alpha value is -2.14. The number of aryl methyl sites for hydroxylation is 3. The van der Waals surface area contributed by atoms with E-state index in [4.69, 9.17) is 4.74 Å². The minimum Gasteiger partial charge on any atom is -0.490 e. The quantitative estimate of drug-likeness (QED) is 0.919. The fourth-order valence-electron chi connectivity index (χ4n) is 2.41. The van der Waals surface area contributed by atoms with Gasteiger partial charge in [0.25, 0.3) is 5.56 Å². The molecule has 0 amide bonds. The van der Waals surface area contributed by atoms with Gasteiger partial charge in [-0.25, -0.2) is 4.98 Å². The van der Waals surface area contributed by atoms with Gasteiger partial charge in [-0.2, -0.15) is 0 Å². The van der Waals surface area contributed by atoms with Gasteiger partial charge in [-0.1, -0.05) is 12.1 Å². The molecular weight excluding hydrogens is 292 g/mol. The van der Waals surface area contributed by atoms with Crippen LogP contribution in [0.15, 0.2) is 23.3 Å². The summed E-state index contributed by atoms with van der Waals surface area (Å²) in [6.07, 6.45) is 0.688. The molecule has 124 valence electrons. The van der Waals surface area contributed by atoms with Gasteiger partial charge < -0.3 is 9.84 Å². The third-order valence-corrected chi connectivity index (χ3v) is 4.22. The van der Waals surface area contributed by atoms with Crippen molar-refractivity contribution in [3.8, 4) is 5.75 Å². The van der Waals surface area contributed by atoms with E-state index in [9.17, 15) is 9.90 Å². The topological polar surface area (TPSA) is 64.3 Å². The molecule has 0 spiro atoms. The highest BCUT2D eigenvalue weighted by Gasteiger charge is 2.12. The second kappa shape index (κ2) is 6.96. The van der Waals surface area contributed by atoms with Gasteiger partial charge >= 0.3 is 0 Å². The largest absolute Gasteiger partial charge is 0.490 e. The lowest BCUT2D eigenvalue weighted by molar-refractivity contribution is 0.0905. The van der Waals surface area contributed by atoms with E-state index in [2.05, 4.69) is 4.98 Å². The average molecular weight is 316 g/mol. The molecule has 1 aromatic heterocycles. The van der Waals surface area contributed by atoms with Gasteiger partial charge in [-0.05, 0) is 51.3 Å². The Morgan fingerprint density at radius 1 is 1.13 bits per heavy atom. The summed E-state index contributed by atoms with van der Waals surface area (Å²) in [5, 5.41) is 10.2. The van der Waals surface area contributed by atoms with E-state index in [1.165, 1.54) is 10.9 Å². The van der Waals surface area contributed by atoms with Crippen LogP contribution in [0.25, 0.3) is 0 Å². The molecule has 2 aromatic rings. The molecule has 1 aromatic carbocycles. The maximum atomic E-state index is 12.1. The smallest absolute Gasteiger partial charge is 0.256 e. The van der Waals surface area contributed by atoms with Crippen LogP contribution in [0.2, 0.25) is 0 Å². The van der Waals surface area contributed by atoms with Crippen molar-refractivity contribution in [1.82, 2.24) is 9.55 Å². The molecule has 1 atom stereocenters. The maximum Gasteiger partial charge on any atom is 0.256 e. The van der Waals surface area contributed by atoms with Gasteiger partial charge in [0.1, 0.15) is 18.5 Å². The van der Waals surface area contributed by atoms with Gasteiger partial charge in [0.15, 0.2) is 0 Å². The Kier molecular flexibility index (Phi) is 5.21. The number of aromatic nitrogens is 2. The first-order valence-corrected chi connectivity index (χ1v) is 7.71. The minimum atomic E-state index is -0.782. The van der Waals surface area contributed by atoms with Crippen molar-refractivity contribution in [1.29, 1.82) is 0 Å². The normalized spacial score (nSPS) is 12.3. The first-order valence-electron chi connectivity index (χ1n) is 7.71. The first kappa shape index (κ1) is 17.2. The molecule has 0 saturated heterocycles. The molecule has 1 N–H and O–H groups in total. The van der Waals surface area contributed by atoms with E-state index in [0.29, 0.717) is 11.3 Å². The second-order valence-electron chi connectivity index (χ2n) is 6.03. The standard InChI is InChI=1S/C18H24N2O3/c1-11-6-7-12(2)17(13(11)3)23-9-16(21)8-20-10-19-15(5)14(4)18(20)22/h6-7,10,16,21H,8-9H2,1-5H3/t16-/m1/s1. The van der Waals surface area contributed by atoms with E-state index in [1.54, 1.807) is 13.8 Å². The minimum absolute atomic E-state index is 0.125. The number of hydrogen-bond acceptors (Lipinski definition) is 4. The Balaban J connectivity index is 2.07. The van der Waals surface area contributed by atoms with E-state index in [1.807, 2.05) is 32.9 Å². The van der Waals surface area contributed by atoms with Crippen LogP contribution in [0.3, 0.4) is 0 Å². The van der Waals surface area contributed by atoms with E-state index in [-0.39, 0.29) is 18.7 Å². The van der Waals surface area contributed by atoms with Gasteiger partial charge in [0, 0.05) is 11.3 Å². The van der Waals surface area contributed by atoms with Crippen LogP contribution in [-0.4, -0.2) is 27.4 Å². The second-order valence-corrected chi connectivity index (χ2v) is 6.03. The van der Waals surface area contributed by atoms with E-state index in [0.717, 1.165) is 22.4 Å². The third-order valence-electron chi connectivity index (χ3n) is 4.22. The average Bonchev–Trinajstić information content (AvgIpc) is 2.52. The van der Waals surface area contributed by atoms with Crippen LogP contribution in [0, 0.1) is 34.6 Å². The van der Waals surface area contributed by atoms with Gasteiger partial charge in [-0.3, -0.25) is 9.36 Å². The maximum absolute atomic E-state index is 12.1. The molecule has 0 aliphatic rings. The highest BCUT2D eigenvalue weighted by molar-refractivity contribution is 5.44. The summed E-state index contributed by atoms with van der Waals surface area (Å²) in [5.41, 5.74) is 4.44. The Morgan fingerprint density at radius 3 is 2.48 bits per heavy atom. The SMILES string of the molecule is Cc1ccc(C)c(OC[C@H](O)Cn2cnc(C)c(C)c2=O)c1C. The number of hydrogen-bond donors (Lipinski definition) is 1. The van der Waals surface area contributed by atoms with Crippen LogP contribution in [0.4, 0.5) is 0 Å². The molecule has 0 unspecified atom stereocenters. The van der Waals surface area contributed by atoms with Crippen molar-refractivity contribution < 1.29 is 9.84 Å². The van der Waals surface area contributed by atoms with Gasteiger partial charge in [0.05, 0.1) is 12.9 Å². The third kappa shape index (κ3) is 3.79. The number of rotatable bonds is 5. The summed E-state index contributed by atoms with van der Waals surface area (Å²) in [6.45, 7) is 9.83. The first-order chi connectivity index (χ1) is 10.8. The summed E-state index contributed by atoms with van der Waals surface area (Å²) in [6, 6.07) is 4.05. The molecule has 2 rings (SSSR count). The fraction of sp³-hybridized carbons (Fsp3) is 0.444. The van der Waals surface area contributed by atoms with E-state index < -0.39 is 6.10 Å². The zero-order valence-electron chi connectivity index (χ0n) is 14.4. The van der Waals surface area contributed by atoms with Crippen LogP contribution in [-0.2, 0) is 6.54 Å². The lowest BCUT2D eigenvalue weighted by Crippen LogP contribution is -2.32. The zero-order chi connectivity index (χ0) is 17.1. The van der Waals surface area contributed by atoms with Gasteiger partial charge in [-0.15, -0.1) is 0 Å². The molecule has 0 aliphatic heterocycles. The molecule has 1 heterocycles. The Morgan fingerprint density at radius 2 is 1.78 bits per heavy atom. The molecule has 0 saturated carbocycles. The Labute approximate surface area is 136 Å². The lowest BCUT2D eigenvalue weighted by atomic mass is 10.1. The number of aliphatic hydroxyl groups excluding tert-OH is 1. The van der Waals surface area contributed by atoms with Crippen LogP contribution >= 0.6 is 0 Å². The highest BCUT2D eigenvalue weighted by Crippen LogP contribution is 2.25. The number of ether oxygens (including phenoxy) is 1. The van der Waals surface area contributed by atoms with Crippen LogP contribution in [0.1, 0.15) is 27.9 Å².